The van der Waals surface area contributed by atoms with Gasteiger partial charge >= 0.3 is 0 Å². The van der Waals surface area contributed by atoms with Gasteiger partial charge in [-0.2, -0.15) is 0 Å². The minimum Gasteiger partial charge on any atom is -0.491 e. The third-order valence-corrected chi connectivity index (χ3v) is 5.52. The van der Waals surface area contributed by atoms with Crippen LogP contribution in [0.1, 0.15) is 30.7 Å². The maximum Gasteiger partial charge on any atom is 0.237 e. The number of hydrogen-bond donors (Lipinski definition) is 0. The molecule has 0 aromatic carbocycles. The van der Waals surface area contributed by atoms with Gasteiger partial charge in [0.05, 0.1) is 29.4 Å². The SMILES string of the molecule is COCCC1C(OCOC)c2c(OC)c(=O)c(Br)cn2C2CCOC12. The highest BCUT2D eigenvalue weighted by Crippen LogP contribution is 2.48. The average molecular weight is 418 g/mol. The lowest BCUT2D eigenvalue weighted by molar-refractivity contribution is -0.136. The normalized spacial score (nSPS) is 27.8. The Hall–Kier alpha value is -0.930. The minimum atomic E-state index is -0.370. The fourth-order valence-electron chi connectivity index (χ4n) is 3.94. The van der Waals surface area contributed by atoms with Crippen molar-refractivity contribution in [3.63, 3.8) is 0 Å². The van der Waals surface area contributed by atoms with Gasteiger partial charge < -0.3 is 28.3 Å². The van der Waals surface area contributed by atoms with Crippen LogP contribution in [-0.2, 0) is 18.9 Å². The first-order chi connectivity index (χ1) is 12.1. The molecule has 2 aliphatic heterocycles. The highest BCUT2D eigenvalue weighted by atomic mass is 79.9. The summed E-state index contributed by atoms with van der Waals surface area (Å²) in [5.74, 6) is 0.361. The van der Waals surface area contributed by atoms with E-state index in [-0.39, 0.29) is 36.4 Å². The van der Waals surface area contributed by atoms with Gasteiger partial charge in [-0.25, -0.2) is 0 Å². The number of hydrogen-bond acceptors (Lipinski definition) is 6. The predicted octanol–water partition coefficient (Wildman–Crippen LogP) is 2.28. The van der Waals surface area contributed by atoms with Crippen LogP contribution in [0, 0.1) is 5.92 Å². The second-order valence-corrected chi connectivity index (χ2v) is 7.12. The molecule has 0 radical (unpaired) electrons. The first-order valence-electron chi connectivity index (χ1n) is 8.33. The first-order valence-corrected chi connectivity index (χ1v) is 9.12. The molecule has 0 spiro atoms. The Bertz CT molecular complexity index is 663. The molecule has 1 aromatic rings. The Labute approximate surface area is 155 Å². The van der Waals surface area contributed by atoms with Crippen LogP contribution in [-0.4, -0.2) is 52.0 Å². The van der Waals surface area contributed by atoms with Crippen molar-refractivity contribution in [3.05, 3.63) is 26.6 Å². The van der Waals surface area contributed by atoms with Crippen LogP contribution in [0.4, 0.5) is 0 Å². The van der Waals surface area contributed by atoms with Gasteiger partial charge in [0.2, 0.25) is 5.43 Å². The van der Waals surface area contributed by atoms with Crippen LogP contribution < -0.4 is 10.2 Å². The number of pyridine rings is 1. The van der Waals surface area contributed by atoms with E-state index in [1.165, 1.54) is 7.11 Å². The molecule has 0 N–H and O–H groups in total. The van der Waals surface area contributed by atoms with Crippen LogP contribution in [0.3, 0.4) is 0 Å². The van der Waals surface area contributed by atoms with Crippen molar-refractivity contribution in [1.29, 1.82) is 0 Å². The molecule has 4 unspecified atom stereocenters. The van der Waals surface area contributed by atoms with Gasteiger partial charge in [0, 0.05) is 39.5 Å². The van der Waals surface area contributed by atoms with Crippen LogP contribution in [0.25, 0.3) is 0 Å². The van der Waals surface area contributed by atoms with E-state index in [0.29, 0.717) is 23.4 Å². The van der Waals surface area contributed by atoms with Gasteiger partial charge in [-0.1, -0.05) is 0 Å². The minimum absolute atomic E-state index is 0.00335. The summed E-state index contributed by atoms with van der Waals surface area (Å²) in [4.78, 5) is 12.6. The standard InChI is InChI=1S/C17H24BrNO6/c1-21-6-4-10-15-12(5-7-24-15)19-8-11(18)14(20)17(23-3)13(19)16(10)25-9-22-2/h8,10,12,15-16H,4-7,9H2,1-3H3. The van der Waals surface area contributed by atoms with Crippen molar-refractivity contribution in [2.75, 3.05) is 41.3 Å². The van der Waals surface area contributed by atoms with Crippen molar-refractivity contribution < 1.29 is 23.7 Å². The molecule has 3 rings (SSSR count). The molecule has 0 bridgehead atoms. The molecule has 1 fully saturated rings. The molecule has 1 aromatic heterocycles. The summed E-state index contributed by atoms with van der Waals surface area (Å²) in [7, 11) is 4.77. The van der Waals surface area contributed by atoms with E-state index >= 15 is 0 Å². The summed E-state index contributed by atoms with van der Waals surface area (Å²) in [6, 6.07) is 0.144. The van der Waals surface area contributed by atoms with Crippen molar-refractivity contribution in [2.45, 2.75) is 31.1 Å². The van der Waals surface area contributed by atoms with Crippen LogP contribution >= 0.6 is 15.9 Å². The monoisotopic (exact) mass is 417 g/mol. The molecule has 0 aliphatic carbocycles. The zero-order valence-electron chi connectivity index (χ0n) is 14.7. The van der Waals surface area contributed by atoms with E-state index in [2.05, 4.69) is 20.5 Å². The number of fused-ring (bicyclic) bond motifs is 3. The third kappa shape index (κ3) is 3.38. The fraction of sp³-hybridized carbons (Fsp3) is 0.706. The summed E-state index contributed by atoms with van der Waals surface area (Å²) in [5.41, 5.74) is 0.572. The van der Waals surface area contributed by atoms with Gasteiger partial charge in [0.1, 0.15) is 12.9 Å². The molecule has 0 saturated carbocycles. The van der Waals surface area contributed by atoms with Crippen molar-refractivity contribution in [1.82, 2.24) is 4.57 Å². The second kappa shape index (κ2) is 8.18. The van der Waals surface area contributed by atoms with Crippen LogP contribution in [0.5, 0.6) is 5.75 Å². The lowest BCUT2D eigenvalue weighted by Gasteiger charge is -2.42. The van der Waals surface area contributed by atoms with Crippen LogP contribution in [0.2, 0.25) is 0 Å². The lowest BCUT2D eigenvalue weighted by atomic mass is 9.82. The molecule has 1 saturated heterocycles. The third-order valence-electron chi connectivity index (χ3n) is 4.95. The van der Waals surface area contributed by atoms with Crippen molar-refractivity contribution in [3.8, 4) is 5.75 Å². The van der Waals surface area contributed by atoms with Gasteiger partial charge in [0.15, 0.2) is 5.75 Å². The zero-order valence-corrected chi connectivity index (χ0v) is 16.3. The molecular formula is C17H24BrNO6. The van der Waals surface area contributed by atoms with Crippen molar-refractivity contribution in [2.24, 2.45) is 5.92 Å². The van der Waals surface area contributed by atoms with E-state index in [0.717, 1.165) is 18.5 Å². The summed E-state index contributed by atoms with van der Waals surface area (Å²) in [5, 5.41) is 0. The zero-order chi connectivity index (χ0) is 18.0. The highest BCUT2D eigenvalue weighted by Gasteiger charge is 2.48. The number of halogens is 1. The molecule has 2 aliphatic rings. The van der Waals surface area contributed by atoms with E-state index in [4.69, 9.17) is 23.7 Å². The Balaban J connectivity index is 2.14. The van der Waals surface area contributed by atoms with Gasteiger partial charge in [-0.3, -0.25) is 4.79 Å². The van der Waals surface area contributed by atoms with Gasteiger partial charge in [0.25, 0.3) is 0 Å². The number of nitrogens with zero attached hydrogens (tertiary/aromatic N) is 1. The molecule has 4 atom stereocenters. The second-order valence-electron chi connectivity index (χ2n) is 6.26. The first kappa shape index (κ1) is 18.8. The molecule has 140 valence electrons. The Kier molecular flexibility index (Phi) is 6.17. The quantitative estimate of drug-likeness (QED) is 0.633. The van der Waals surface area contributed by atoms with Gasteiger partial charge in [-0.05, 0) is 28.8 Å². The van der Waals surface area contributed by atoms with E-state index < -0.39 is 0 Å². The van der Waals surface area contributed by atoms with E-state index in [9.17, 15) is 4.79 Å². The molecule has 8 heteroatoms. The summed E-state index contributed by atoms with van der Waals surface area (Å²) in [6.07, 6.45) is 3.10. The summed E-state index contributed by atoms with van der Waals surface area (Å²) < 4.78 is 30.5. The highest BCUT2D eigenvalue weighted by molar-refractivity contribution is 9.10. The molecular weight excluding hydrogens is 394 g/mol. The Morgan fingerprint density at radius 1 is 1.32 bits per heavy atom. The maximum atomic E-state index is 12.6. The van der Waals surface area contributed by atoms with E-state index in [1.54, 1.807) is 14.2 Å². The predicted molar refractivity (Wildman–Crippen MR) is 94.0 cm³/mol. The molecule has 3 heterocycles. The smallest absolute Gasteiger partial charge is 0.237 e. The number of methoxy groups -OCH3 is 3. The Morgan fingerprint density at radius 3 is 2.80 bits per heavy atom. The number of rotatable bonds is 7. The molecule has 7 nitrogen and oxygen atoms in total. The largest absolute Gasteiger partial charge is 0.491 e. The summed E-state index contributed by atoms with van der Waals surface area (Å²) >= 11 is 3.35. The maximum absolute atomic E-state index is 12.6. The van der Waals surface area contributed by atoms with Crippen LogP contribution in [0.15, 0.2) is 15.5 Å². The fourth-order valence-corrected chi connectivity index (χ4v) is 4.34. The Morgan fingerprint density at radius 2 is 2.12 bits per heavy atom. The van der Waals surface area contributed by atoms with Crippen molar-refractivity contribution >= 4 is 15.9 Å². The molecule has 25 heavy (non-hydrogen) atoms. The topological polar surface area (TPSA) is 68.2 Å². The lowest BCUT2D eigenvalue weighted by Crippen LogP contribution is -2.42. The number of aromatic nitrogens is 1. The van der Waals surface area contributed by atoms with Gasteiger partial charge in [-0.15, -0.1) is 0 Å². The summed E-state index contributed by atoms with van der Waals surface area (Å²) in [6.45, 7) is 1.40. The average Bonchev–Trinajstić information content (AvgIpc) is 3.09. The van der Waals surface area contributed by atoms with E-state index in [1.807, 2.05) is 6.20 Å². The molecule has 0 amide bonds. The number of ether oxygens (including phenoxy) is 5.